The summed E-state index contributed by atoms with van der Waals surface area (Å²) in [6.07, 6.45) is 0.773. The number of hydrogen-bond donors (Lipinski definition) is 1. The molecule has 0 amide bonds. The summed E-state index contributed by atoms with van der Waals surface area (Å²) in [4.78, 5) is 0. The van der Waals surface area contributed by atoms with Crippen LogP contribution in [0.2, 0.25) is 0 Å². The van der Waals surface area contributed by atoms with E-state index in [-0.39, 0.29) is 17.3 Å². The van der Waals surface area contributed by atoms with E-state index < -0.39 is 10.2 Å². The van der Waals surface area contributed by atoms with Crippen LogP contribution < -0.4 is 4.72 Å². The Morgan fingerprint density at radius 2 is 1.71 bits per heavy atom. The molecule has 0 aliphatic heterocycles. The van der Waals surface area contributed by atoms with Gasteiger partial charge in [-0.1, -0.05) is 34.6 Å². The lowest BCUT2D eigenvalue weighted by Gasteiger charge is -2.24. The van der Waals surface area contributed by atoms with Gasteiger partial charge in [-0.2, -0.15) is 12.7 Å². The molecule has 0 spiro atoms. The van der Waals surface area contributed by atoms with E-state index in [1.807, 2.05) is 13.8 Å². The molecule has 0 aromatic carbocycles. The van der Waals surface area contributed by atoms with Crippen LogP contribution in [-0.4, -0.2) is 37.7 Å². The molecule has 0 rings (SSSR count). The van der Waals surface area contributed by atoms with Crippen LogP contribution in [0.15, 0.2) is 0 Å². The Balaban J connectivity index is 4.28. The predicted molar refractivity (Wildman–Crippen MR) is 73.6 cm³/mol. The lowest BCUT2D eigenvalue weighted by Crippen LogP contribution is -2.43. The van der Waals surface area contributed by atoms with Crippen molar-refractivity contribution < 1.29 is 8.42 Å². The summed E-state index contributed by atoms with van der Waals surface area (Å²) in [5, 5.41) is -0.180. The Morgan fingerprint density at radius 1 is 1.24 bits per heavy atom. The second-order valence-corrected chi connectivity index (χ2v) is 7.67. The first-order chi connectivity index (χ1) is 7.62. The molecule has 6 heteroatoms. The highest BCUT2D eigenvalue weighted by Crippen LogP contribution is 2.23. The molecule has 4 nitrogen and oxygen atoms in total. The van der Waals surface area contributed by atoms with Gasteiger partial charge in [0, 0.05) is 25.0 Å². The molecule has 0 aliphatic carbocycles. The zero-order valence-electron chi connectivity index (χ0n) is 11.5. The molecule has 0 saturated heterocycles. The third kappa shape index (κ3) is 7.24. The largest absolute Gasteiger partial charge is 0.279 e. The lowest BCUT2D eigenvalue weighted by molar-refractivity contribution is 0.366. The van der Waals surface area contributed by atoms with Crippen LogP contribution in [0.25, 0.3) is 0 Å². The molecular formula is C11H25ClN2O2S. The van der Waals surface area contributed by atoms with Crippen molar-refractivity contribution in [2.45, 2.75) is 46.4 Å². The van der Waals surface area contributed by atoms with Crippen LogP contribution in [0.5, 0.6) is 0 Å². The van der Waals surface area contributed by atoms with Crippen molar-refractivity contribution >= 4 is 21.8 Å². The van der Waals surface area contributed by atoms with Crippen molar-refractivity contribution in [1.29, 1.82) is 0 Å². The van der Waals surface area contributed by atoms with Crippen LogP contribution in [0.1, 0.15) is 41.0 Å². The SMILES string of the molecule is CCN(CC)S(=O)(=O)NCC(Cl)CC(C)(C)C. The van der Waals surface area contributed by atoms with Gasteiger partial charge in [-0.3, -0.25) is 0 Å². The molecule has 1 N–H and O–H groups in total. The standard InChI is InChI=1S/C11H25ClN2O2S/c1-6-14(7-2)17(15,16)13-9-10(12)8-11(3,4)5/h10,13H,6-9H2,1-5H3. The number of rotatable bonds is 7. The molecule has 0 fully saturated rings. The predicted octanol–water partition coefficient (Wildman–Crippen LogP) is 2.21. The first kappa shape index (κ1) is 17.2. The lowest BCUT2D eigenvalue weighted by atomic mass is 9.90. The second-order valence-electron chi connectivity index (χ2n) is 5.30. The number of nitrogens with one attached hydrogen (secondary N) is 1. The molecule has 17 heavy (non-hydrogen) atoms. The van der Waals surface area contributed by atoms with Crippen molar-refractivity contribution in [3.05, 3.63) is 0 Å². The highest BCUT2D eigenvalue weighted by Gasteiger charge is 2.22. The summed E-state index contributed by atoms with van der Waals surface area (Å²) in [5.74, 6) is 0. The summed E-state index contributed by atoms with van der Waals surface area (Å²) < 4.78 is 27.6. The minimum absolute atomic E-state index is 0.104. The number of alkyl halides is 1. The molecule has 104 valence electrons. The monoisotopic (exact) mass is 284 g/mol. The van der Waals surface area contributed by atoms with Gasteiger partial charge in [-0.05, 0) is 11.8 Å². The zero-order chi connectivity index (χ0) is 13.7. The maximum Gasteiger partial charge on any atom is 0.279 e. The molecule has 0 aromatic heterocycles. The van der Waals surface area contributed by atoms with Crippen LogP contribution in [0, 0.1) is 5.41 Å². The Labute approximate surface area is 111 Å². The fraction of sp³-hybridized carbons (Fsp3) is 1.00. The van der Waals surface area contributed by atoms with Gasteiger partial charge in [0.2, 0.25) is 0 Å². The number of nitrogens with zero attached hydrogens (tertiary/aromatic N) is 1. The first-order valence-electron chi connectivity index (χ1n) is 6.01. The van der Waals surface area contributed by atoms with E-state index in [1.54, 1.807) is 0 Å². The number of halogens is 1. The highest BCUT2D eigenvalue weighted by atomic mass is 35.5. The van der Waals surface area contributed by atoms with Gasteiger partial charge < -0.3 is 0 Å². The Kier molecular flexibility index (Phi) is 6.99. The smallest absolute Gasteiger partial charge is 0.201 e. The number of hydrogen-bond acceptors (Lipinski definition) is 2. The fourth-order valence-electron chi connectivity index (χ4n) is 1.59. The van der Waals surface area contributed by atoms with Gasteiger partial charge in [0.15, 0.2) is 0 Å². The van der Waals surface area contributed by atoms with Crippen molar-refractivity contribution in [2.24, 2.45) is 5.41 Å². The molecule has 0 bridgehead atoms. The van der Waals surface area contributed by atoms with Gasteiger partial charge >= 0.3 is 0 Å². The summed E-state index contributed by atoms with van der Waals surface area (Å²) in [6, 6.07) is 0. The van der Waals surface area contributed by atoms with Crippen molar-refractivity contribution in [3.63, 3.8) is 0 Å². The van der Waals surface area contributed by atoms with Crippen LogP contribution in [0.4, 0.5) is 0 Å². The van der Waals surface area contributed by atoms with E-state index >= 15 is 0 Å². The molecule has 0 aliphatic rings. The van der Waals surface area contributed by atoms with Gasteiger partial charge in [-0.15, -0.1) is 11.6 Å². The zero-order valence-corrected chi connectivity index (χ0v) is 13.0. The normalized spacial score (nSPS) is 15.2. The van der Waals surface area contributed by atoms with Crippen LogP contribution in [0.3, 0.4) is 0 Å². The molecule has 1 unspecified atom stereocenters. The molecular weight excluding hydrogens is 260 g/mol. The highest BCUT2D eigenvalue weighted by molar-refractivity contribution is 7.87. The second kappa shape index (κ2) is 6.92. The van der Waals surface area contributed by atoms with Gasteiger partial charge in [0.25, 0.3) is 10.2 Å². The maximum atomic E-state index is 11.8. The molecule has 0 aromatic rings. The maximum absolute atomic E-state index is 11.8. The van der Waals surface area contributed by atoms with E-state index in [0.717, 1.165) is 6.42 Å². The van der Waals surface area contributed by atoms with Crippen molar-refractivity contribution in [1.82, 2.24) is 9.03 Å². The Bertz CT molecular complexity index is 308. The molecule has 0 saturated carbocycles. The van der Waals surface area contributed by atoms with Crippen LogP contribution >= 0.6 is 11.6 Å². The van der Waals surface area contributed by atoms with E-state index in [2.05, 4.69) is 25.5 Å². The molecule has 1 atom stereocenters. The van der Waals surface area contributed by atoms with E-state index in [1.165, 1.54) is 4.31 Å². The minimum Gasteiger partial charge on any atom is -0.201 e. The van der Waals surface area contributed by atoms with Crippen molar-refractivity contribution in [2.75, 3.05) is 19.6 Å². The summed E-state index contributed by atoms with van der Waals surface area (Å²) in [6.45, 7) is 11.1. The summed E-state index contributed by atoms with van der Waals surface area (Å²) >= 11 is 6.12. The van der Waals surface area contributed by atoms with Gasteiger partial charge in [0.1, 0.15) is 0 Å². The minimum atomic E-state index is -3.37. The first-order valence-corrected chi connectivity index (χ1v) is 7.89. The third-order valence-electron chi connectivity index (χ3n) is 2.37. The van der Waals surface area contributed by atoms with Crippen molar-refractivity contribution in [3.8, 4) is 0 Å². The van der Waals surface area contributed by atoms with Crippen LogP contribution in [-0.2, 0) is 10.2 Å². The summed E-state index contributed by atoms with van der Waals surface area (Å²) in [7, 11) is -3.37. The summed E-state index contributed by atoms with van der Waals surface area (Å²) in [5.41, 5.74) is 0.104. The average molecular weight is 285 g/mol. The fourth-order valence-corrected chi connectivity index (χ4v) is 3.49. The molecule has 0 radical (unpaired) electrons. The average Bonchev–Trinajstić information content (AvgIpc) is 2.14. The van der Waals surface area contributed by atoms with E-state index in [4.69, 9.17) is 11.6 Å². The quantitative estimate of drug-likeness (QED) is 0.729. The Hall–Kier alpha value is 0.160. The third-order valence-corrected chi connectivity index (χ3v) is 4.40. The van der Waals surface area contributed by atoms with E-state index in [9.17, 15) is 8.42 Å². The topological polar surface area (TPSA) is 49.4 Å². The van der Waals surface area contributed by atoms with Gasteiger partial charge in [-0.25, -0.2) is 4.72 Å². The van der Waals surface area contributed by atoms with E-state index in [0.29, 0.717) is 13.1 Å². The Morgan fingerprint density at radius 3 is 2.06 bits per heavy atom. The van der Waals surface area contributed by atoms with Gasteiger partial charge in [0.05, 0.1) is 0 Å². The molecule has 0 heterocycles.